The summed E-state index contributed by atoms with van der Waals surface area (Å²) in [5.74, 6) is 1.77. The van der Waals surface area contributed by atoms with E-state index in [-0.39, 0.29) is 5.91 Å². The molecule has 1 heterocycles. The second-order valence-electron chi connectivity index (χ2n) is 5.13. The fourth-order valence-electron chi connectivity index (χ4n) is 2.34. The van der Waals surface area contributed by atoms with Crippen molar-refractivity contribution in [1.82, 2.24) is 4.98 Å². The summed E-state index contributed by atoms with van der Waals surface area (Å²) in [6, 6.07) is 8.78. The van der Waals surface area contributed by atoms with Gasteiger partial charge in [0.15, 0.2) is 0 Å². The summed E-state index contributed by atoms with van der Waals surface area (Å²) in [4.78, 5) is 19.0. The number of nitrogens with one attached hydrogen (secondary N) is 1. The van der Waals surface area contributed by atoms with E-state index in [1.807, 2.05) is 12.1 Å². The molecular formula is C18H23N3O3. The number of hydrogen-bond acceptors (Lipinski definition) is 5. The highest BCUT2D eigenvalue weighted by Gasteiger charge is 2.11. The number of anilines is 2. The van der Waals surface area contributed by atoms with Gasteiger partial charge in [-0.3, -0.25) is 4.79 Å². The van der Waals surface area contributed by atoms with E-state index in [1.54, 1.807) is 38.6 Å². The minimum absolute atomic E-state index is 0.246. The maximum atomic E-state index is 12.4. The number of carbonyl (C=O) groups is 1. The standard InChI is InChI=1S/C18H23N3O3/c1-5-21(6-2)17-8-7-14(12-19-17)20-18(22)13-9-15(23-3)11-16(10-13)24-4/h7-12H,5-6H2,1-4H3,(H,20,22). The molecule has 6 heteroatoms. The second-order valence-corrected chi connectivity index (χ2v) is 5.13. The van der Waals surface area contributed by atoms with Gasteiger partial charge in [-0.25, -0.2) is 4.98 Å². The number of ether oxygens (including phenoxy) is 2. The Labute approximate surface area is 142 Å². The van der Waals surface area contributed by atoms with Crippen molar-refractivity contribution in [1.29, 1.82) is 0 Å². The summed E-state index contributed by atoms with van der Waals surface area (Å²) >= 11 is 0. The molecule has 1 amide bonds. The lowest BCUT2D eigenvalue weighted by Crippen LogP contribution is -2.22. The van der Waals surface area contributed by atoms with E-state index < -0.39 is 0 Å². The molecule has 2 aromatic rings. The summed E-state index contributed by atoms with van der Waals surface area (Å²) in [5.41, 5.74) is 1.09. The molecular weight excluding hydrogens is 306 g/mol. The summed E-state index contributed by atoms with van der Waals surface area (Å²) < 4.78 is 10.4. The first-order valence-electron chi connectivity index (χ1n) is 7.86. The van der Waals surface area contributed by atoms with Crippen LogP contribution < -0.4 is 19.7 Å². The normalized spacial score (nSPS) is 10.2. The lowest BCUT2D eigenvalue weighted by atomic mass is 10.2. The Bertz CT molecular complexity index is 660. The Morgan fingerprint density at radius 1 is 1.08 bits per heavy atom. The van der Waals surface area contributed by atoms with Gasteiger partial charge >= 0.3 is 0 Å². The third-order valence-electron chi connectivity index (χ3n) is 3.71. The molecule has 0 aliphatic rings. The molecule has 0 saturated heterocycles. The number of pyridine rings is 1. The van der Waals surface area contributed by atoms with Gasteiger partial charge in [-0.2, -0.15) is 0 Å². The molecule has 0 radical (unpaired) electrons. The molecule has 0 atom stereocenters. The smallest absolute Gasteiger partial charge is 0.255 e. The van der Waals surface area contributed by atoms with Crippen molar-refractivity contribution in [2.75, 3.05) is 37.5 Å². The molecule has 6 nitrogen and oxygen atoms in total. The van der Waals surface area contributed by atoms with Crippen molar-refractivity contribution in [3.63, 3.8) is 0 Å². The van der Waals surface area contributed by atoms with E-state index in [0.29, 0.717) is 22.7 Å². The molecule has 0 fully saturated rings. The van der Waals surface area contributed by atoms with E-state index in [0.717, 1.165) is 18.9 Å². The summed E-state index contributed by atoms with van der Waals surface area (Å²) in [7, 11) is 3.10. The van der Waals surface area contributed by atoms with E-state index in [4.69, 9.17) is 9.47 Å². The van der Waals surface area contributed by atoms with Gasteiger partial charge in [0.05, 0.1) is 26.1 Å². The van der Waals surface area contributed by atoms with Crippen LogP contribution in [0.3, 0.4) is 0 Å². The minimum atomic E-state index is -0.246. The molecule has 0 bridgehead atoms. The van der Waals surface area contributed by atoms with Crippen LogP contribution in [0.2, 0.25) is 0 Å². The Morgan fingerprint density at radius 3 is 2.17 bits per heavy atom. The Hall–Kier alpha value is -2.76. The molecule has 0 aliphatic heterocycles. The topological polar surface area (TPSA) is 63.7 Å². The number of benzene rings is 1. The number of hydrogen-bond donors (Lipinski definition) is 1. The van der Waals surface area contributed by atoms with Gasteiger partial charge in [0.25, 0.3) is 5.91 Å². The third-order valence-corrected chi connectivity index (χ3v) is 3.71. The highest BCUT2D eigenvalue weighted by Crippen LogP contribution is 2.23. The molecule has 24 heavy (non-hydrogen) atoms. The van der Waals surface area contributed by atoms with E-state index >= 15 is 0 Å². The van der Waals surface area contributed by atoms with Crippen molar-refractivity contribution in [3.8, 4) is 11.5 Å². The van der Waals surface area contributed by atoms with E-state index in [1.165, 1.54) is 0 Å². The molecule has 128 valence electrons. The van der Waals surface area contributed by atoms with Gasteiger partial charge in [0.2, 0.25) is 0 Å². The van der Waals surface area contributed by atoms with Crippen molar-refractivity contribution in [3.05, 3.63) is 42.1 Å². The van der Waals surface area contributed by atoms with Crippen LogP contribution in [0.1, 0.15) is 24.2 Å². The molecule has 0 saturated carbocycles. The predicted molar refractivity (Wildman–Crippen MR) is 95.3 cm³/mol. The molecule has 2 rings (SSSR count). The van der Waals surface area contributed by atoms with Gasteiger partial charge in [0, 0.05) is 24.7 Å². The summed E-state index contributed by atoms with van der Waals surface area (Å²) in [6.45, 7) is 5.94. The van der Waals surface area contributed by atoms with E-state index in [9.17, 15) is 4.79 Å². The van der Waals surface area contributed by atoms with Crippen LogP contribution in [0.4, 0.5) is 11.5 Å². The first-order chi connectivity index (χ1) is 11.6. The van der Waals surface area contributed by atoms with Crippen LogP contribution in [0.25, 0.3) is 0 Å². The zero-order valence-electron chi connectivity index (χ0n) is 14.5. The van der Waals surface area contributed by atoms with Crippen molar-refractivity contribution < 1.29 is 14.3 Å². The second kappa shape index (κ2) is 8.19. The number of nitrogens with zero attached hydrogens (tertiary/aromatic N) is 2. The SMILES string of the molecule is CCN(CC)c1ccc(NC(=O)c2cc(OC)cc(OC)c2)cn1. The van der Waals surface area contributed by atoms with Crippen LogP contribution in [0.5, 0.6) is 11.5 Å². The molecule has 0 aliphatic carbocycles. The first-order valence-corrected chi connectivity index (χ1v) is 7.86. The van der Waals surface area contributed by atoms with Crippen LogP contribution >= 0.6 is 0 Å². The number of carbonyl (C=O) groups excluding carboxylic acids is 1. The van der Waals surface area contributed by atoms with Crippen LogP contribution in [0.15, 0.2) is 36.5 Å². The van der Waals surface area contributed by atoms with Gasteiger partial charge in [-0.05, 0) is 38.1 Å². The summed E-state index contributed by atoms with van der Waals surface area (Å²) in [6.07, 6.45) is 1.66. The number of rotatable bonds is 7. The maximum Gasteiger partial charge on any atom is 0.255 e. The predicted octanol–water partition coefficient (Wildman–Crippen LogP) is 3.20. The zero-order valence-corrected chi connectivity index (χ0v) is 14.5. The lowest BCUT2D eigenvalue weighted by Gasteiger charge is -2.19. The Kier molecular flexibility index (Phi) is 6.01. The average molecular weight is 329 g/mol. The van der Waals surface area contributed by atoms with Crippen molar-refractivity contribution >= 4 is 17.4 Å². The van der Waals surface area contributed by atoms with Crippen LogP contribution in [0, 0.1) is 0 Å². The van der Waals surface area contributed by atoms with E-state index in [2.05, 4.69) is 29.0 Å². The molecule has 0 spiro atoms. The largest absolute Gasteiger partial charge is 0.497 e. The van der Waals surface area contributed by atoms with Gasteiger partial charge in [-0.1, -0.05) is 0 Å². The van der Waals surface area contributed by atoms with Gasteiger partial charge < -0.3 is 19.7 Å². The highest BCUT2D eigenvalue weighted by atomic mass is 16.5. The maximum absolute atomic E-state index is 12.4. The highest BCUT2D eigenvalue weighted by molar-refractivity contribution is 6.04. The zero-order chi connectivity index (χ0) is 17.5. The molecule has 1 aromatic heterocycles. The van der Waals surface area contributed by atoms with Gasteiger partial charge in [-0.15, -0.1) is 0 Å². The lowest BCUT2D eigenvalue weighted by molar-refractivity contribution is 0.102. The van der Waals surface area contributed by atoms with Gasteiger partial charge in [0.1, 0.15) is 17.3 Å². The average Bonchev–Trinajstić information content (AvgIpc) is 2.63. The minimum Gasteiger partial charge on any atom is -0.497 e. The molecule has 1 N–H and O–H groups in total. The monoisotopic (exact) mass is 329 g/mol. The number of methoxy groups -OCH3 is 2. The number of aromatic nitrogens is 1. The molecule has 0 unspecified atom stereocenters. The Balaban J connectivity index is 2.15. The quantitative estimate of drug-likeness (QED) is 0.845. The molecule has 1 aromatic carbocycles. The first kappa shape index (κ1) is 17.6. The third kappa shape index (κ3) is 4.16. The number of amides is 1. The van der Waals surface area contributed by atoms with Crippen molar-refractivity contribution in [2.45, 2.75) is 13.8 Å². The fourth-order valence-corrected chi connectivity index (χ4v) is 2.34. The summed E-state index contributed by atoms with van der Waals surface area (Å²) in [5, 5.41) is 2.83. The van der Waals surface area contributed by atoms with Crippen LogP contribution in [-0.4, -0.2) is 38.2 Å². The van der Waals surface area contributed by atoms with Crippen molar-refractivity contribution in [2.24, 2.45) is 0 Å². The van der Waals surface area contributed by atoms with Crippen LogP contribution in [-0.2, 0) is 0 Å². The Morgan fingerprint density at radius 2 is 1.71 bits per heavy atom. The fraction of sp³-hybridized carbons (Fsp3) is 0.333.